The van der Waals surface area contributed by atoms with Gasteiger partial charge < -0.3 is 5.32 Å². The SMILES string of the molecule is O=C1N[C@@H]2CCCC[C@@H]2C(=O)N1c1cccc(Cl)c1. The first-order valence-corrected chi connectivity index (χ1v) is 6.94. The molecule has 1 aliphatic heterocycles. The number of imide groups is 1. The highest BCUT2D eigenvalue weighted by Gasteiger charge is 2.42. The summed E-state index contributed by atoms with van der Waals surface area (Å²) in [6, 6.07) is 6.50. The number of halogens is 1. The van der Waals surface area contributed by atoms with Crippen molar-refractivity contribution in [1.29, 1.82) is 0 Å². The van der Waals surface area contributed by atoms with Crippen LogP contribution in [-0.4, -0.2) is 18.0 Å². The van der Waals surface area contributed by atoms with Crippen molar-refractivity contribution in [3.05, 3.63) is 29.3 Å². The second-order valence-electron chi connectivity index (χ2n) is 5.10. The summed E-state index contributed by atoms with van der Waals surface area (Å²) in [6.45, 7) is 0. The minimum atomic E-state index is -0.338. The zero-order valence-corrected chi connectivity index (χ0v) is 11.2. The van der Waals surface area contributed by atoms with Crippen molar-refractivity contribution in [2.75, 3.05) is 4.90 Å². The molecule has 2 fully saturated rings. The number of amides is 3. The summed E-state index contributed by atoms with van der Waals surface area (Å²) in [5.74, 6) is -0.193. The van der Waals surface area contributed by atoms with Crippen molar-refractivity contribution >= 4 is 29.2 Å². The Morgan fingerprint density at radius 2 is 2.00 bits per heavy atom. The van der Waals surface area contributed by atoms with Crippen LogP contribution in [-0.2, 0) is 4.79 Å². The molecule has 100 valence electrons. The van der Waals surface area contributed by atoms with Gasteiger partial charge in [-0.3, -0.25) is 4.79 Å². The molecule has 3 rings (SSSR count). The third kappa shape index (κ3) is 2.21. The summed E-state index contributed by atoms with van der Waals surface area (Å²) in [4.78, 5) is 25.8. The van der Waals surface area contributed by atoms with Crippen LogP contribution in [0.1, 0.15) is 25.7 Å². The molecular formula is C14H15ClN2O2. The summed E-state index contributed by atoms with van der Waals surface area (Å²) in [5.41, 5.74) is 0.541. The lowest BCUT2D eigenvalue weighted by Crippen LogP contribution is -2.61. The van der Waals surface area contributed by atoms with Crippen molar-refractivity contribution in [3.63, 3.8) is 0 Å². The van der Waals surface area contributed by atoms with Gasteiger partial charge >= 0.3 is 6.03 Å². The summed E-state index contributed by atoms with van der Waals surface area (Å²) >= 11 is 5.93. The first-order valence-electron chi connectivity index (χ1n) is 6.57. The van der Waals surface area contributed by atoms with E-state index in [4.69, 9.17) is 11.6 Å². The Morgan fingerprint density at radius 1 is 1.21 bits per heavy atom. The van der Waals surface area contributed by atoms with Crippen LogP contribution in [0.15, 0.2) is 24.3 Å². The second kappa shape index (κ2) is 4.85. The van der Waals surface area contributed by atoms with E-state index in [-0.39, 0.29) is 23.9 Å². The number of benzene rings is 1. The molecule has 0 unspecified atom stereocenters. The summed E-state index contributed by atoms with van der Waals surface area (Å²) in [6.07, 6.45) is 3.87. The van der Waals surface area contributed by atoms with E-state index in [0.717, 1.165) is 25.7 Å². The number of carbonyl (C=O) groups is 2. The Labute approximate surface area is 116 Å². The van der Waals surface area contributed by atoms with Gasteiger partial charge in [0.25, 0.3) is 0 Å². The largest absolute Gasteiger partial charge is 0.334 e. The Kier molecular flexibility index (Phi) is 3.19. The molecule has 0 spiro atoms. The monoisotopic (exact) mass is 278 g/mol. The fourth-order valence-corrected chi connectivity index (χ4v) is 3.13. The van der Waals surface area contributed by atoms with E-state index in [9.17, 15) is 9.59 Å². The van der Waals surface area contributed by atoms with Crippen molar-refractivity contribution in [1.82, 2.24) is 5.32 Å². The number of rotatable bonds is 1. The molecule has 1 saturated carbocycles. The Balaban J connectivity index is 1.93. The van der Waals surface area contributed by atoms with Crippen molar-refractivity contribution in [2.24, 2.45) is 5.92 Å². The average Bonchev–Trinajstić information content (AvgIpc) is 2.39. The van der Waals surface area contributed by atoms with Gasteiger partial charge in [-0.05, 0) is 31.0 Å². The third-order valence-corrected chi connectivity index (χ3v) is 4.12. The number of nitrogens with zero attached hydrogens (tertiary/aromatic N) is 1. The van der Waals surface area contributed by atoms with E-state index in [2.05, 4.69) is 5.32 Å². The van der Waals surface area contributed by atoms with E-state index < -0.39 is 0 Å². The number of fused-ring (bicyclic) bond motifs is 1. The molecule has 2 atom stereocenters. The van der Waals surface area contributed by atoms with E-state index >= 15 is 0 Å². The molecule has 1 N–H and O–H groups in total. The molecule has 3 amide bonds. The van der Waals surface area contributed by atoms with Gasteiger partial charge in [-0.15, -0.1) is 0 Å². The summed E-state index contributed by atoms with van der Waals surface area (Å²) in [5, 5.41) is 3.46. The number of anilines is 1. The molecule has 1 aromatic carbocycles. The fourth-order valence-electron chi connectivity index (χ4n) is 2.95. The van der Waals surface area contributed by atoms with Gasteiger partial charge in [0.05, 0.1) is 11.6 Å². The maximum Gasteiger partial charge on any atom is 0.328 e. The van der Waals surface area contributed by atoms with Crippen LogP contribution >= 0.6 is 11.6 Å². The zero-order valence-electron chi connectivity index (χ0n) is 10.4. The summed E-state index contributed by atoms with van der Waals surface area (Å²) in [7, 11) is 0. The fraction of sp³-hybridized carbons (Fsp3) is 0.429. The van der Waals surface area contributed by atoms with E-state index in [1.165, 1.54) is 4.90 Å². The molecule has 1 aliphatic carbocycles. The summed E-state index contributed by atoms with van der Waals surface area (Å²) < 4.78 is 0. The molecule has 1 heterocycles. The maximum atomic E-state index is 12.5. The van der Waals surface area contributed by atoms with Gasteiger partial charge in [0.15, 0.2) is 0 Å². The molecule has 0 aromatic heterocycles. The lowest BCUT2D eigenvalue weighted by molar-refractivity contribution is -0.124. The number of urea groups is 1. The number of hydrogen-bond donors (Lipinski definition) is 1. The quantitative estimate of drug-likeness (QED) is 0.859. The van der Waals surface area contributed by atoms with Gasteiger partial charge in [-0.2, -0.15) is 0 Å². The predicted octanol–water partition coefficient (Wildman–Crippen LogP) is 2.96. The Hall–Kier alpha value is -1.55. The van der Waals surface area contributed by atoms with Gasteiger partial charge in [-0.1, -0.05) is 30.5 Å². The Bertz CT molecular complexity index is 532. The molecule has 5 heteroatoms. The van der Waals surface area contributed by atoms with Crippen LogP contribution < -0.4 is 10.2 Å². The van der Waals surface area contributed by atoms with Crippen LogP contribution in [0, 0.1) is 5.92 Å². The zero-order chi connectivity index (χ0) is 13.4. The van der Waals surface area contributed by atoms with E-state index in [1.807, 2.05) is 0 Å². The number of hydrogen-bond acceptors (Lipinski definition) is 2. The highest BCUT2D eigenvalue weighted by atomic mass is 35.5. The molecule has 19 heavy (non-hydrogen) atoms. The van der Waals surface area contributed by atoms with Crippen molar-refractivity contribution in [3.8, 4) is 0 Å². The van der Waals surface area contributed by atoms with Gasteiger partial charge in [0, 0.05) is 11.1 Å². The minimum absolute atomic E-state index is 0.00387. The molecule has 2 aliphatic rings. The molecule has 0 bridgehead atoms. The number of nitrogens with one attached hydrogen (secondary N) is 1. The van der Waals surface area contributed by atoms with Crippen LogP contribution in [0.3, 0.4) is 0 Å². The second-order valence-corrected chi connectivity index (χ2v) is 5.54. The van der Waals surface area contributed by atoms with Gasteiger partial charge in [-0.25, -0.2) is 9.69 Å². The van der Waals surface area contributed by atoms with Gasteiger partial charge in [0.1, 0.15) is 0 Å². The maximum absolute atomic E-state index is 12.5. The molecular weight excluding hydrogens is 264 g/mol. The van der Waals surface area contributed by atoms with E-state index in [1.54, 1.807) is 24.3 Å². The van der Waals surface area contributed by atoms with Crippen molar-refractivity contribution < 1.29 is 9.59 Å². The Morgan fingerprint density at radius 3 is 2.79 bits per heavy atom. The third-order valence-electron chi connectivity index (χ3n) is 3.88. The van der Waals surface area contributed by atoms with Crippen molar-refractivity contribution in [2.45, 2.75) is 31.7 Å². The van der Waals surface area contributed by atoms with E-state index in [0.29, 0.717) is 10.7 Å². The smallest absolute Gasteiger partial charge is 0.328 e. The molecule has 1 saturated heterocycles. The van der Waals surface area contributed by atoms with Crippen LogP contribution in [0.4, 0.5) is 10.5 Å². The first kappa shape index (κ1) is 12.5. The molecule has 1 aromatic rings. The number of carbonyl (C=O) groups excluding carboxylic acids is 2. The van der Waals surface area contributed by atoms with Crippen LogP contribution in [0.2, 0.25) is 5.02 Å². The highest BCUT2D eigenvalue weighted by molar-refractivity contribution is 6.31. The molecule has 4 nitrogen and oxygen atoms in total. The predicted molar refractivity (Wildman–Crippen MR) is 73.2 cm³/mol. The average molecular weight is 279 g/mol. The minimum Gasteiger partial charge on any atom is -0.334 e. The lowest BCUT2D eigenvalue weighted by Gasteiger charge is -2.39. The van der Waals surface area contributed by atoms with Gasteiger partial charge in [0.2, 0.25) is 5.91 Å². The topological polar surface area (TPSA) is 49.4 Å². The molecule has 0 radical (unpaired) electrons. The normalized spacial score (nSPS) is 26.9. The standard InChI is InChI=1S/C14H15ClN2O2/c15-9-4-3-5-10(8-9)17-13(18)11-6-1-2-7-12(11)16-14(17)19/h3-5,8,11-12H,1-2,6-7H2,(H,16,19)/t11-,12+/m0/s1. The van der Waals surface area contributed by atoms with Crippen LogP contribution in [0.25, 0.3) is 0 Å². The van der Waals surface area contributed by atoms with Crippen LogP contribution in [0.5, 0.6) is 0 Å². The highest BCUT2D eigenvalue weighted by Crippen LogP contribution is 2.32. The first-order chi connectivity index (χ1) is 9.16. The lowest BCUT2D eigenvalue weighted by atomic mass is 9.82.